The number of hydrogen-bond acceptors (Lipinski definition) is 3. The van der Waals surface area contributed by atoms with Crippen LogP contribution in [0.25, 0.3) is 5.53 Å². The molecule has 0 spiro atoms. The highest BCUT2D eigenvalue weighted by atomic mass is 16.5. The maximum atomic E-state index is 10.9. The van der Waals surface area contributed by atoms with Crippen molar-refractivity contribution in [3.8, 4) is 0 Å². The number of hydrogen-bond donors (Lipinski definition) is 0. The standard InChI is InChI=1S/C12H23N3O2/c1-3-5-7-15(8-6-4-2)9-10-17-12(16)11-14-13/h11H,3-10H2,1-2H3. The second-order valence-corrected chi connectivity index (χ2v) is 3.96. The minimum absolute atomic E-state index is 0.346. The molecule has 0 aliphatic heterocycles. The lowest BCUT2D eigenvalue weighted by atomic mass is 10.2. The predicted octanol–water partition coefficient (Wildman–Crippen LogP) is 1.73. The van der Waals surface area contributed by atoms with Crippen LogP contribution in [0.4, 0.5) is 0 Å². The minimum Gasteiger partial charge on any atom is -0.456 e. The Labute approximate surface area is 103 Å². The van der Waals surface area contributed by atoms with Crippen molar-refractivity contribution in [3.05, 3.63) is 5.53 Å². The minimum atomic E-state index is -0.599. The first-order valence-electron chi connectivity index (χ1n) is 6.31. The summed E-state index contributed by atoms with van der Waals surface area (Å²) in [6.45, 7) is 7.50. The second kappa shape index (κ2) is 11.3. The number of ether oxygens (including phenoxy) is 1. The maximum absolute atomic E-state index is 10.9. The van der Waals surface area contributed by atoms with Crippen molar-refractivity contribution in [2.45, 2.75) is 39.5 Å². The molecule has 5 nitrogen and oxygen atoms in total. The first kappa shape index (κ1) is 15.8. The average Bonchev–Trinajstić information content (AvgIpc) is 2.32. The van der Waals surface area contributed by atoms with Crippen molar-refractivity contribution in [1.82, 2.24) is 4.90 Å². The van der Waals surface area contributed by atoms with Crippen molar-refractivity contribution in [3.63, 3.8) is 0 Å². The Hall–Kier alpha value is -1.19. The molecule has 0 atom stereocenters. The van der Waals surface area contributed by atoms with Gasteiger partial charge in [-0.05, 0) is 25.9 Å². The Morgan fingerprint density at radius 3 is 2.29 bits per heavy atom. The van der Waals surface area contributed by atoms with Gasteiger partial charge in [0, 0.05) is 6.54 Å². The van der Waals surface area contributed by atoms with Crippen molar-refractivity contribution < 1.29 is 14.3 Å². The summed E-state index contributed by atoms with van der Waals surface area (Å²) in [7, 11) is 0. The molecule has 0 fully saturated rings. The van der Waals surface area contributed by atoms with Gasteiger partial charge in [0.05, 0.1) is 0 Å². The lowest BCUT2D eigenvalue weighted by molar-refractivity contribution is -0.139. The van der Waals surface area contributed by atoms with Crippen LogP contribution in [-0.2, 0) is 9.53 Å². The van der Waals surface area contributed by atoms with E-state index in [1.165, 1.54) is 12.8 Å². The number of esters is 1. The average molecular weight is 241 g/mol. The summed E-state index contributed by atoms with van der Waals surface area (Å²) < 4.78 is 4.88. The monoisotopic (exact) mass is 241 g/mol. The molecule has 98 valence electrons. The number of carbonyl (C=O) groups excluding carboxylic acids is 1. The maximum Gasteiger partial charge on any atom is 0.413 e. The van der Waals surface area contributed by atoms with E-state index in [9.17, 15) is 4.79 Å². The number of nitrogens with zero attached hydrogens (tertiary/aromatic N) is 3. The highest BCUT2D eigenvalue weighted by molar-refractivity contribution is 6.20. The first-order valence-corrected chi connectivity index (χ1v) is 6.31. The summed E-state index contributed by atoms with van der Waals surface area (Å²) in [5.41, 5.74) is 8.14. The van der Waals surface area contributed by atoms with Crippen LogP contribution in [0.1, 0.15) is 39.5 Å². The van der Waals surface area contributed by atoms with Crippen LogP contribution in [0.5, 0.6) is 0 Å². The molecule has 0 aliphatic rings. The van der Waals surface area contributed by atoms with Gasteiger partial charge in [0.15, 0.2) is 0 Å². The highest BCUT2D eigenvalue weighted by Gasteiger charge is 2.07. The van der Waals surface area contributed by atoms with Crippen molar-refractivity contribution >= 4 is 12.2 Å². The van der Waals surface area contributed by atoms with Crippen molar-refractivity contribution in [1.29, 1.82) is 0 Å². The number of rotatable bonds is 10. The fraction of sp³-hybridized carbons (Fsp3) is 0.833. The number of carbonyl (C=O) groups is 1. The molecule has 0 aromatic heterocycles. The molecule has 0 saturated heterocycles. The summed E-state index contributed by atoms with van der Waals surface area (Å²) in [5.74, 6) is -0.599. The van der Waals surface area contributed by atoms with E-state index < -0.39 is 5.97 Å². The van der Waals surface area contributed by atoms with E-state index in [0.29, 0.717) is 6.61 Å². The molecule has 0 rings (SSSR count). The molecule has 0 N–H and O–H groups in total. The Balaban J connectivity index is 3.80. The van der Waals surface area contributed by atoms with Gasteiger partial charge in [-0.1, -0.05) is 26.7 Å². The van der Waals surface area contributed by atoms with Crippen LogP contribution < -0.4 is 0 Å². The van der Waals surface area contributed by atoms with Crippen LogP contribution in [-0.4, -0.2) is 48.1 Å². The fourth-order valence-electron chi connectivity index (χ4n) is 1.46. The smallest absolute Gasteiger partial charge is 0.413 e. The van der Waals surface area contributed by atoms with Crippen LogP contribution in [0.3, 0.4) is 0 Å². The van der Waals surface area contributed by atoms with E-state index >= 15 is 0 Å². The largest absolute Gasteiger partial charge is 0.456 e. The van der Waals surface area contributed by atoms with Crippen LogP contribution in [0, 0.1) is 0 Å². The van der Waals surface area contributed by atoms with Gasteiger partial charge in [-0.2, -0.15) is 4.79 Å². The Kier molecular flexibility index (Phi) is 10.5. The summed E-state index contributed by atoms with van der Waals surface area (Å²) in [6.07, 6.45) is 5.42. The summed E-state index contributed by atoms with van der Waals surface area (Å²) >= 11 is 0. The molecule has 0 aliphatic carbocycles. The normalized spacial score (nSPS) is 10.1. The predicted molar refractivity (Wildman–Crippen MR) is 66.9 cm³/mol. The third-order valence-corrected chi connectivity index (χ3v) is 2.47. The summed E-state index contributed by atoms with van der Waals surface area (Å²) in [5, 5.41) is 0. The van der Waals surface area contributed by atoms with Gasteiger partial charge in [0.1, 0.15) is 6.61 Å². The van der Waals surface area contributed by atoms with Gasteiger partial charge in [0.25, 0.3) is 0 Å². The van der Waals surface area contributed by atoms with Crippen LogP contribution in [0.15, 0.2) is 0 Å². The molecule has 0 unspecified atom stereocenters. The van der Waals surface area contributed by atoms with E-state index in [4.69, 9.17) is 10.3 Å². The molecular weight excluding hydrogens is 218 g/mol. The lowest BCUT2D eigenvalue weighted by Gasteiger charge is -2.21. The molecule has 5 heteroatoms. The van der Waals surface area contributed by atoms with Crippen molar-refractivity contribution in [2.24, 2.45) is 0 Å². The zero-order chi connectivity index (χ0) is 12.9. The molecule has 0 aromatic carbocycles. The molecular formula is C12H23N3O2. The zero-order valence-corrected chi connectivity index (χ0v) is 10.9. The molecule has 0 heterocycles. The molecule has 0 radical (unpaired) electrons. The molecule has 0 bridgehead atoms. The Morgan fingerprint density at radius 2 is 1.82 bits per heavy atom. The fourth-order valence-corrected chi connectivity index (χ4v) is 1.46. The number of unbranched alkanes of at least 4 members (excludes halogenated alkanes) is 2. The molecule has 0 aromatic rings. The highest BCUT2D eigenvalue weighted by Crippen LogP contribution is 1.98. The van der Waals surface area contributed by atoms with Crippen LogP contribution >= 0.6 is 0 Å². The Bertz CT molecular complexity index is 242. The lowest BCUT2D eigenvalue weighted by Crippen LogP contribution is -2.30. The van der Waals surface area contributed by atoms with Gasteiger partial charge in [-0.25, -0.2) is 4.79 Å². The van der Waals surface area contributed by atoms with Gasteiger partial charge in [-0.15, -0.1) is 0 Å². The van der Waals surface area contributed by atoms with E-state index in [1.807, 2.05) is 0 Å². The third kappa shape index (κ3) is 9.72. The van der Waals surface area contributed by atoms with Crippen molar-refractivity contribution in [2.75, 3.05) is 26.2 Å². The van der Waals surface area contributed by atoms with Crippen LogP contribution in [0.2, 0.25) is 0 Å². The molecule has 17 heavy (non-hydrogen) atoms. The molecule has 0 amide bonds. The van der Waals surface area contributed by atoms with Gasteiger partial charge < -0.3 is 10.3 Å². The van der Waals surface area contributed by atoms with E-state index in [1.54, 1.807) is 0 Å². The molecule has 0 saturated carbocycles. The third-order valence-electron chi connectivity index (χ3n) is 2.47. The summed E-state index contributed by atoms with van der Waals surface area (Å²) in [6, 6.07) is 0. The Morgan fingerprint density at radius 1 is 1.24 bits per heavy atom. The quantitative estimate of drug-likeness (QED) is 0.253. The van der Waals surface area contributed by atoms with E-state index in [-0.39, 0.29) is 0 Å². The van der Waals surface area contributed by atoms with Gasteiger partial charge in [0.2, 0.25) is 0 Å². The second-order valence-electron chi connectivity index (χ2n) is 3.96. The van der Waals surface area contributed by atoms with E-state index in [2.05, 4.69) is 23.5 Å². The van der Waals surface area contributed by atoms with Gasteiger partial charge in [-0.3, -0.25) is 4.90 Å². The first-order chi connectivity index (χ1) is 8.24. The topological polar surface area (TPSA) is 65.9 Å². The summed E-state index contributed by atoms with van der Waals surface area (Å²) in [4.78, 5) is 15.8. The van der Waals surface area contributed by atoms with Gasteiger partial charge >= 0.3 is 12.2 Å². The van der Waals surface area contributed by atoms with E-state index in [0.717, 1.165) is 38.7 Å². The SMILES string of the molecule is CCCCN(CCCC)CCOC(=O)C=[N+]=[N-]. The zero-order valence-electron chi connectivity index (χ0n) is 10.9.